The lowest BCUT2D eigenvalue weighted by molar-refractivity contribution is 0.368. The summed E-state index contributed by atoms with van der Waals surface area (Å²) >= 11 is 0. The molecule has 4 nitrogen and oxygen atoms in total. The van der Waals surface area contributed by atoms with E-state index in [1.165, 1.54) is 7.11 Å². The molecule has 0 aromatic heterocycles. The average Bonchev–Trinajstić information content (AvgIpc) is 2.25. The van der Waals surface area contributed by atoms with Gasteiger partial charge in [-0.2, -0.15) is 0 Å². The number of rotatable bonds is 2. The Hall–Kier alpha value is -1.98. The Balaban J connectivity index is 0.000000437. The highest BCUT2D eigenvalue weighted by Crippen LogP contribution is 2.30. The first-order valence-electron chi connectivity index (χ1n) is 4.26. The van der Waals surface area contributed by atoms with Gasteiger partial charge in [-0.25, -0.2) is 0 Å². The Kier molecular flexibility index (Phi) is 5.81. The maximum atomic E-state index is 9.75. The molecule has 1 rings (SSSR count). The van der Waals surface area contributed by atoms with E-state index in [0.717, 1.165) is 0 Å². The molecule has 94 valence electrons. The summed E-state index contributed by atoms with van der Waals surface area (Å²) in [6.07, 6.45) is 0. The smallest absolute Gasteiger partial charge is 0.497 e. The Morgan fingerprint density at radius 1 is 1.12 bits per heavy atom. The number of hydrogen-bond acceptors (Lipinski definition) is 3. The van der Waals surface area contributed by atoms with Crippen molar-refractivity contribution < 1.29 is 26.7 Å². The quantitative estimate of drug-likeness (QED) is 0.459. The number of nitrogens with zero attached hydrogens (tertiary/aromatic N) is 2. The highest BCUT2D eigenvalue weighted by atomic mass is 19.5. The third-order valence-corrected chi connectivity index (χ3v) is 1.49. The molecule has 17 heavy (non-hydrogen) atoms. The van der Waals surface area contributed by atoms with Gasteiger partial charge in [-0.1, -0.05) is 0 Å². The lowest BCUT2D eigenvalue weighted by Crippen LogP contribution is -2.02. The van der Waals surface area contributed by atoms with Crippen LogP contribution in [0.3, 0.4) is 0 Å². The molecule has 1 aromatic carbocycles. The summed E-state index contributed by atoms with van der Waals surface area (Å²) in [5.41, 5.74) is 0.387. The zero-order chi connectivity index (χ0) is 13.5. The molecule has 0 bridgehead atoms. The molecule has 0 aliphatic heterocycles. The van der Waals surface area contributed by atoms with E-state index >= 15 is 0 Å². The predicted octanol–water partition coefficient (Wildman–Crippen LogP) is 3.49. The molecule has 0 amide bonds. The largest absolute Gasteiger partial charge is 0.673 e. The number of hydrogen-bond donors (Lipinski definition) is 0. The molecule has 0 spiro atoms. The van der Waals surface area contributed by atoms with Crippen LogP contribution < -0.4 is 9.47 Å². The van der Waals surface area contributed by atoms with Gasteiger partial charge < -0.3 is 26.7 Å². The molecule has 0 N–H and O–H groups in total. The van der Waals surface area contributed by atoms with E-state index < -0.39 is 7.25 Å². The average molecular weight is 252 g/mol. The van der Waals surface area contributed by atoms with Gasteiger partial charge in [-0.15, -0.1) is 0 Å². The van der Waals surface area contributed by atoms with Gasteiger partial charge in [0.1, 0.15) is 5.75 Å². The van der Waals surface area contributed by atoms with Crippen LogP contribution in [0.1, 0.15) is 0 Å². The van der Waals surface area contributed by atoms with Crippen molar-refractivity contribution in [3.63, 3.8) is 0 Å². The van der Waals surface area contributed by atoms with Crippen molar-refractivity contribution in [3.05, 3.63) is 23.2 Å². The van der Waals surface area contributed by atoms with Gasteiger partial charge >= 0.3 is 12.9 Å². The van der Waals surface area contributed by atoms with E-state index in [2.05, 4.69) is 4.98 Å². The summed E-state index contributed by atoms with van der Waals surface area (Å²) in [5, 5.41) is 8.52. The van der Waals surface area contributed by atoms with Gasteiger partial charge in [0.2, 0.25) is 11.1 Å². The van der Waals surface area contributed by atoms with Gasteiger partial charge in [0.15, 0.2) is 4.98 Å². The van der Waals surface area contributed by atoms with Gasteiger partial charge in [-0.3, -0.25) is 0 Å². The molecule has 0 heterocycles. The van der Waals surface area contributed by atoms with Crippen molar-refractivity contribution in [2.75, 3.05) is 14.2 Å². The van der Waals surface area contributed by atoms with Crippen LogP contribution in [0.15, 0.2) is 18.2 Å². The van der Waals surface area contributed by atoms with Crippen LogP contribution in [0.25, 0.3) is 4.98 Å². The van der Waals surface area contributed by atoms with Crippen molar-refractivity contribution in [1.82, 2.24) is 0 Å². The number of diazo groups is 1. The Morgan fingerprint density at radius 3 is 2.00 bits per heavy atom. The molecule has 0 atom stereocenters. The van der Waals surface area contributed by atoms with Crippen molar-refractivity contribution >= 4 is 12.9 Å². The number of methoxy groups -OCH3 is 2. The molecule has 0 fully saturated rings. The number of ether oxygens (including phenoxy) is 2. The Bertz CT molecular complexity index is 399. The third-order valence-electron chi connectivity index (χ3n) is 1.49. The monoisotopic (exact) mass is 252 g/mol. The van der Waals surface area contributed by atoms with Crippen LogP contribution in [0.4, 0.5) is 23.0 Å². The maximum absolute atomic E-state index is 9.75. The zero-order valence-electron chi connectivity index (χ0n) is 9.03. The fourth-order valence-corrected chi connectivity index (χ4v) is 0.868. The van der Waals surface area contributed by atoms with Crippen LogP contribution in [0.5, 0.6) is 11.5 Å². The topological polar surface area (TPSA) is 46.6 Å². The predicted molar refractivity (Wildman–Crippen MR) is 54.5 cm³/mol. The molecule has 0 unspecified atom stereocenters. The first kappa shape index (κ1) is 15.0. The van der Waals surface area contributed by atoms with E-state index in [1.807, 2.05) is 0 Å². The van der Waals surface area contributed by atoms with Crippen LogP contribution in [0.2, 0.25) is 0 Å². The number of benzene rings is 1. The molecule has 0 aliphatic carbocycles. The summed E-state index contributed by atoms with van der Waals surface area (Å²) in [4.78, 5) is 3.04. The van der Waals surface area contributed by atoms with Gasteiger partial charge in [0.05, 0.1) is 14.2 Å². The van der Waals surface area contributed by atoms with E-state index in [-0.39, 0.29) is 0 Å². The first-order chi connectivity index (χ1) is 7.81. The Labute approximate surface area is 94.9 Å². The van der Waals surface area contributed by atoms with Crippen LogP contribution in [0, 0.1) is 5.39 Å². The standard InChI is InChI=1S/C8H9N2O2.BF4/c1-11-6-3-4-7(10-9)8(5-6)12-2;2-1(3,4)5/h3-5H,1-2H3;/q+1;-1. The molecule has 1 aromatic rings. The first-order valence-corrected chi connectivity index (χ1v) is 4.26. The van der Waals surface area contributed by atoms with Gasteiger partial charge in [-0.05, 0) is 6.07 Å². The van der Waals surface area contributed by atoms with Crippen molar-refractivity contribution in [2.45, 2.75) is 0 Å². The lowest BCUT2D eigenvalue weighted by Gasteiger charge is -1.99. The van der Waals surface area contributed by atoms with Crippen molar-refractivity contribution in [3.8, 4) is 11.5 Å². The normalized spacial score (nSPS) is 9.71. The summed E-state index contributed by atoms with van der Waals surface area (Å²) in [6.45, 7) is 0. The Morgan fingerprint density at radius 2 is 1.65 bits per heavy atom. The zero-order valence-corrected chi connectivity index (χ0v) is 9.03. The highest BCUT2D eigenvalue weighted by Gasteiger charge is 2.20. The summed E-state index contributed by atoms with van der Waals surface area (Å²) in [6, 6.07) is 4.95. The lowest BCUT2D eigenvalue weighted by atomic mass is 10.3. The second-order valence-corrected chi connectivity index (χ2v) is 2.63. The summed E-state index contributed by atoms with van der Waals surface area (Å²) in [7, 11) is -2.94. The molecule has 0 saturated carbocycles. The highest BCUT2D eigenvalue weighted by molar-refractivity contribution is 6.50. The van der Waals surface area contributed by atoms with Crippen LogP contribution in [-0.2, 0) is 0 Å². The van der Waals surface area contributed by atoms with E-state index in [4.69, 9.17) is 14.9 Å². The second-order valence-electron chi connectivity index (χ2n) is 2.63. The SMILES string of the molecule is COc1ccc([N+]#N)c(OC)c1.F[B-](F)(F)F. The molecular weight excluding hydrogens is 243 g/mol. The van der Waals surface area contributed by atoms with Crippen LogP contribution in [-0.4, -0.2) is 21.5 Å². The fraction of sp³-hybridized carbons (Fsp3) is 0.250. The molecule has 0 aliphatic rings. The van der Waals surface area contributed by atoms with E-state index in [0.29, 0.717) is 17.2 Å². The third kappa shape index (κ3) is 7.00. The summed E-state index contributed by atoms with van der Waals surface area (Å²) < 4.78 is 48.9. The van der Waals surface area contributed by atoms with E-state index in [1.54, 1.807) is 25.3 Å². The maximum Gasteiger partial charge on any atom is 0.673 e. The van der Waals surface area contributed by atoms with Crippen molar-refractivity contribution in [2.24, 2.45) is 0 Å². The molecule has 9 heteroatoms. The fourth-order valence-electron chi connectivity index (χ4n) is 0.868. The van der Waals surface area contributed by atoms with Gasteiger partial charge in [0, 0.05) is 12.1 Å². The van der Waals surface area contributed by atoms with Crippen molar-refractivity contribution in [1.29, 1.82) is 5.39 Å². The molecule has 0 radical (unpaired) electrons. The van der Waals surface area contributed by atoms with Gasteiger partial charge in [0.25, 0.3) is 0 Å². The van der Waals surface area contributed by atoms with E-state index in [9.17, 15) is 17.3 Å². The van der Waals surface area contributed by atoms with Crippen LogP contribution >= 0.6 is 0 Å². The summed E-state index contributed by atoms with van der Waals surface area (Å²) in [5.74, 6) is 1.15. The second kappa shape index (κ2) is 6.57. The molecular formula is C8H9BF4N2O2. The minimum absolute atomic E-state index is 0.387. The molecule has 0 saturated heterocycles. The minimum Gasteiger partial charge on any atom is -0.497 e. The number of halogens is 4. The minimum atomic E-state index is -6.00.